The van der Waals surface area contributed by atoms with E-state index in [-0.39, 0.29) is 18.5 Å². The lowest BCUT2D eigenvalue weighted by molar-refractivity contribution is -0.149. The first kappa shape index (κ1) is 16.5. The standard InChI is InChI=1S/C18H17ClN2O3/c19-16-9-8-14(11-20-16)17(22)21-10-4-7-15(21)18(23)24-12-13-5-2-1-3-6-13/h1-3,5-6,8-9,11,15H,4,7,10,12H2. The normalized spacial score (nSPS) is 16.9. The molecule has 1 amide bonds. The van der Waals surface area contributed by atoms with Crippen LogP contribution in [0, 0.1) is 0 Å². The number of benzene rings is 1. The van der Waals surface area contributed by atoms with Gasteiger partial charge in [-0.2, -0.15) is 0 Å². The van der Waals surface area contributed by atoms with Gasteiger partial charge in [-0.25, -0.2) is 9.78 Å². The van der Waals surface area contributed by atoms with Crippen molar-refractivity contribution in [1.29, 1.82) is 0 Å². The van der Waals surface area contributed by atoms with Crippen molar-refractivity contribution in [2.75, 3.05) is 6.54 Å². The maximum absolute atomic E-state index is 12.6. The van der Waals surface area contributed by atoms with E-state index in [0.717, 1.165) is 12.0 Å². The number of nitrogens with zero attached hydrogens (tertiary/aromatic N) is 2. The minimum Gasteiger partial charge on any atom is -0.459 e. The van der Waals surface area contributed by atoms with Crippen molar-refractivity contribution >= 4 is 23.5 Å². The van der Waals surface area contributed by atoms with E-state index < -0.39 is 6.04 Å². The molecule has 124 valence electrons. The van der Waals surface area contributed by atoms with Gasteiger partial charge in [-0.15, -0.1) is 0 Å². The summed E-state index contributed by atoms with van der Waals surface area (Å²) in [7, 11) is 0. The number of hydrogen-bond donors (Lipinski definition) is 0. The molecule has 1 fully saturated rings. The Morgan fingerprint density at radius 3 is 2.71 bits per heavy atom. The lowest BCUT2D eigenvalue weighted by Gasteiger charge is -2.23. The molecular weight excluding hydrogens is 328 g/mol. The number of amides is 1. The number of halogens is 1. The van der Waals surface area contributed by atoms with Crippen LogP contribution in [0.15, 0.2) is 48.7 Å². The Morgan fingerprint density at radius 2 is 2.00 bits per heavy atom. The minimum absolute atomic E-state index is 0.209. The van der Waals surface area contributed by atoms with Crippen LogP contribution in [0.3, 0.4) is 0 Å². The Hall–Kier alpha value is -2.40. The molecule has 24 heavy (non-hydrogen) atoms. The van der Waals surface area contributed by atoms with Crippen LogP contribution in [0.5, 0.6) is 0 Å². The van der Waals surface area contributed by atoms with E-state index in [1.54, 1.807) is 17.0 Å². The van der Waals surface area contributed by atoms with Crippen LogP contribution in [-0.4, -0.2) is 34.3 Å². The predicted molar refractivity (Wildman–Crippen MR) is 89.5 cm³/mol. The molecule has 0 N–H and O–H groups in total. The summed E-state index contributed by atoms with van der Waals surface area (Å²) >= 11 is 5.74. The highest BCUT2D eigenvalue weighted by Crippen LogP contribution is 2.22. The van der Waals surface area contributed by atoms with Crippen LogP contribution >= 0.6 is 11.6 Å². The first-order valence-electron chi connectivity index (χ1n) is 7.78. The van der Waals surface area contributed by atoms with Gasteiger partial charge in [0, 0.05) is 12.7 Å². The van der Waals surface area contributed by atoms with Crippen molar-refractivity contribution in [3.8, 4) is 0 Å². The fourth-order valence-electron chi connectivity index (χ4n) is 2.75. The number of esters is 1. The maximum atomic E-state index is 12.6. The average molecular weight is 345 g/mol. The van der Waals surface area contributed by atoms with Crippen LogP contribution in [-0.2, 0) is 16.1 Å². The fourth-order valence-corrected chi connectivity index (χ4v) is 2.86. The van der Waals surface area contributed by atoms with Gasteiger partial charge in [0.15, 0.2) is 0 Å². The lowest BCUT2D eigenvalue weighted by Crippen LogP contribution is -2.41. The van der Waals surface area contributed by atoms with Gasteiger partial charge < -0.3 is 9.64 Å². The second kappa shape index (κ2) is 7.45. The Kier molecular flexibility index (Phi) is 5.11. The summed E-state index contributed by atoms with van der Waals surface area (Å²) in [6, 6.07) is 12.1. The molecule has 1 aliphatic rings. The third kappa shape index (κ3) is 3.74. The zero-order valence-electron chi connectivity index (χ0n) is 13.0. The highest BCUT2D eigenvalue weighted by molar-refractivity contribution is 6.29. The van der Waals surface area contributed by atoms with Crippen LogP contribution in [0.1, 0.15) is 28.8 Å². The van der Waals surface area contributed by atoms with E-state index >= 15 is 0 Å². The molecular formula is C18H17ClN2O3. The molecule has 1 unspecified atom stereocenters. The summed E-state index contributed by atoms with van der Waals surface area (Å²) in [5.41, 5.74) is 1.34. The van der Waals surface area contributed by atoms with Gasteiger partial charge in [-0.05, 0) is 30.5 Å². The van der Waals surface area contributed by atoms with Crippen molar-refractivity contribution in [1.82, 2.24) is 9.88 Å². The van der Waals surface area contributed by atoms with E-state index in [9.17, 15) is 9.59 Å². The molecule has 5 nitrogen and oxygen atoms in total. The molecule has 0 aliphatic carbocycles. The minimum atomic E-state index is -0.545. The number of ether oxygens (including phenoxy) is 1. The summed E-state index contributed by atoms with van der Waals surface area (Å²) in [4.78, 5) is 30.4. The van der Waals surface area contributed by atoms with Gasteiger partial charge in [-0.3, -0.25) is 4.79 Å². The first-order valence-corrected chi connectivity index (χ1v) is 8.16. The Morgan fingerprint density at radius 1 is 1.21 bits per heavy atom. The zero-order valence-corrected chi connectivity index (χ0v) is 13.8. The van der Waals surface area contributed by atoms with Gasteiger partial charge in [0.1, 0.15) is 17.8 Å². The highest BCUT2D eigenvalue weighted by Gasteiger charge is 2.35. The van der Waals surface area contributed by atoms with Crippen molar-refractivity contribution in [3.63, 3.8) is 0 Å². The molecule has 1 aliphatic heterocycles. The summed E-state index contributed by atoms with van der Waals surface area (Å²) in [5, 5.41) is 0.326. The Bertz CT molecular complexity index is 719. The van der Waals surface area contributed by atoms with Crippen LogP contribution < -0.4 is 0 Å². The van der Waals surface area contributed by atoms with Crippen molar-refractivity contribution in [2.24, 2.45) is 0 Å². The number of rotatable bonds is 4. The number of carbonyl (C=O) groups is 2. The first-order chi connectivity index (χ1) is 11.6. The van der Waals surface area contributed by atoms with Crippen LogP contribution in [0.4, 0.5) is 0 Å². The SMILES string of the molecule is O=C(OCc1ccccc1)C1CCCN1C(=O)c1ccc(Cl)nc1. The molecule has 6 heteroatoms. The second-order valence-electron chi connectivity index (χ2n) is 5.62. The van der Waals surface area contributed by atoms with E-state index in [1.165, 1.54) is 6.20 Å². The van der Waals surface area contributed by atoms with Crippen molar-refractivity contribution < 1.29 is 14.3 Å². The molecule has 2 heterocycles. The second-order valence-corrected chi connectivity index (χ2v) is 6.01. The number of likely N-dealkylation sites (tertiary alicyclic amines) is 1. The fraction of sp³-hybridized carbons (Fsp3) is 0.278. The molecule has 1 atom stereocenters. The molecule has 3 rings (SSSR count). The van der Waals surface area contributed by atoms with Gasteiger partial charge in [0.25, 0.3) is 5.91 Å². The maximum Gasteiger partial charge on any atom is 0.329 e. The lowest BCUT2D eigenvalue weighted by atomic mass is 10.2. The van der Waals surface area contributed by atoms with E-state index in [2.05, 4.69) is 4.98 Å². The topological polar surface area (TPSA) is 59.5 Å². The highest BCUT2D eigenvalue weighted by atomic mass is 35.5. The third-order valence-corrected chi connectivity index (χ3v) is 4.21. The largest absolute Gasteiger partial charge is 0.459 e. The smallest absolute Gasteiger partial charge is 0.329 e. The van der Waals surface area contributed by atoms with Gasteiger partial charge in [0.2, 0.25) is 0 Å². The molecule has 0 radical (unpaired) electrons. The molecule has 1 aromatic carbocycles. The van der Waals surface area contributed by atoms with E-state index in [0.29, 0.717) is 23.7 Å². The van der Waals surface area contributed by atoms with Crippen LogP contribution in [0.25, 0.3) is 0 Å². The van der Waals surface area contributed by atoms with E-state index in [1.807, 2.05) is 30.3 Å². The van der Waals surface area contributed by atoms with E-state index in [4.69, 9.17) is 16.3 Å². The zero-order chi connectivity index (χ0) is 16.9. The molecule has 0 saturated carbocycles. The van der Waals surface area contributed by atoms with Crippen molar-refractivity contribution in [2.45, 2.75) is 25.5 Å². The number of pyridine rings is 1. The van der Waals surface area contributed by atoms with Gasteiger partial charge in [-0.1, -0.05) is 41.9 Å². The Labute approximate surface area is 145 Å². The van der Waals surface area contributed by atoms with Gasteiger partial charge >= 0.3 is 5.97 Å². The average Bonchev–Trinajstić information content (AvgIpc) is 3.10. The third-order valence-electron chi connectivity index (χ3n) is 3.98. The van der Waals surface area contributed by atoms with Crippen molar-refractivity contribution in [3.05, 3.63) is 64.9 Å². The van der Waals surface area contributed by atoms with Crippen LogP contribution in [0.2, 0.25) is 5.15 Å². The number of carbonyl (C=O) groups excluding carboxylic acids is 2. The number of aromatic nitrogens is 1. The predicted octanol–water partition coefficient (Wildman–Crippen LogP) is 3.08. The molecule has 1 aromatic heterocycles. The Balaban J connectivity index is 1.65. The summed E-state index contributed by atoms with van der Waals surface area (Å²) < 4.78 is 5.38. The number of hydrogen-bond acceptors (Lipinski definition) is 4. The molecule has 0 spiro atoms. The molecule has 0 bridgehead atoms. The summed E-state index contributed by atoms with van der Waals surface area (Å²) in [5.74, 6) is -0.593. The summed E-state index contributed by atoms with van der Waals surface area (Å²) in [6.45, 7) is 0.743. The van der Waals surface area contributed by atoms with Gasteiger partial charge in [0.05, 0.1) is 5.56 Å². The quantitative estimate of drug-likeness (QED) is 0.631. The molecule has 1 saturated heterocycles. The molecule has 2 aromatic rings. The monoisotopic (exact) mass is 344 g/mol. The summed E-state index contributed by atoms with van der Waals surface area (Å²) in [6.07, 6.45) is 2.81.